The highest BCUT2D eigenvalue weighted by Gasteiger charge is 2.65. The molecule has 1 aromatic heterocycles. The van der Waals surface area contributed by atoms with Crippen LogP contribution in [0.15, 0.2) is 24.5 Å². The average molecular weight is 177 g/mol. The lowest BCUT2D eigenvalue weighted by Crippen LogP contribution is -2.24. The molecule has 0 bridgehead atoms. The van der Waals surface area contributed by atoms with Crippen molar-refractivity contribution in [2.75, 3.05) is 6.61 Å². The van der Waals surface area contributed by atoms with Crippen LogP contribution in [0, 0.1) is 5.92 Å². The fraction of sp³-hybridized carbons (Fsp3) is 0.500. The van der Waals surface area contributed by atoms with Crippen LogP contribution >= 0.6 is 0 Å². The van der Waals surface area contributed by atoms with Gasteiger partial charge in [0.05, 0.1) is 12.0 Å². The Morgan fingerprint density at radius 2 is 2.54 bits per heavy atom. The molecule has 1 aliphatic carbocycles. The number of aromatic nitrogens is 1. The molecule has 13 heavy (non-hydrogen) atoms. The molecule has 1 aliphatic heterocycles. The fourth-order valence-corrected chi connectivity index (χ4v) is 2.35. The maximum absolute atomic E-state index is 9.69. The highest BCUT2D eigenvalue weighted by atomic mass is 16.6. The highest BCUT2D eigenvalue weighted by molar-refractivity contribution is 5.34. The van der Waals surface area contributed by atoms with E-state index in [2.05, 4.69) is 4.98 Å². The van der Waals surface area contributed by atoms with Crippen molar-refractivity contribution in [3.05, 3.63) is 30.1 Å². The maximum Gasteiger partial charge on any atom is 0.164 e. The molecule has 0 radical (unpaired) electrons. The minimum absolute atomic E-state index is 0.117. The molecule has 3 atom stereocenters. The van der Waals surface area contributed by atoms with Crippen LogP contribution in [-0.4, -0.2) is 23.0 Å². The molecular weight excluding hydrogens is 166 g/mol. The van der Waals surface area contributed by atoms with Gasteiger partial charge in [-0.05, 0) is 24.0 Å². The number of aliphatic hydroxyl groups is 1. The number of hydrogen-bond donors (Lipinski definition) is 1. The van der Waals surface area contributed by atoms with E-state index in [1.807, 2.05) is 18.3 Å². The van der Waals surface area contributed by atoms with Crippen LogP contribution < -0.4 is 0 Å². The van der Waals surface area contributed by atoms with Crippen molar-refractivity contribution in [1.29, 1.82) is 0 Å². The summed E-state index contributed by atoms with van der Waals surface area (Å²) in [7, 11) is 0. The van der Waals surface area contributed by atoms with Gasteiger partial charge < -0.3 is 9.84 Å². The molecule has 1 saturated heterocycles. The van der Waals surface area contributed by atoms with Crippen LogP contribution in [0.1, 0.15) is 12.0 Å². The number of hydrogen-bond acceptors (Lipinski definition) is 3. The molecule has 1 saturated carbocycles. The third-order valence-corrected chi connectivity index (χ3v) is 3.25. The second-order valence-corrected chi connectivity index (χ2v) is 3.87. The van der Waals surface area contributed by atoms with E-state index in [4.69, 9.17) is 4.74 Å². The lowest BCUT2D eigenvalue weighted by Gasteiger charge is -2.16. The normalized spacial score (nSPS) is 41.6. The van der Waals surface area contributed by atoms with Crippen molar-refractivity contribution < 1.29 is 9.84 Å². The van der Waals surface area contributed by atoms with Crippen molar-refractivity contribution in [2.24, 2.45) is 5.92 Å². The molecule has 3 nitrogen and oxygen atoms in total. The summed E-state index contributed by atoms with van der Waals surface area (Å²) in [5, 5.41) is 9.69. The van der Waals surface area contributed by atoms with Gasteiger partial charge in [-0.1, -0.05) is 6.07 Å². The summed E-state index contributed by atoms with van der Waals surface area (Å²) in [6.45, 7) is 0.691. The maximum atomic E-state index is 9.69. The van der Waals surface area contributed by atoms with E-state index in [0.717, 1.165) is 12.0 Å². The number of nitrogens with zero attached hydrogens (tertiary/aromatic N) is 1. The van der Waals surface area contributed by atoms with Gasteiger partial charge in [-0.3, -0.25) is 4.98 Å². The predicted molar refractivity (Wildman–Crippen MR) is 46.0 cm³/mol. The van der Waals surface area contributed by atoms with Gasteiger partial charge in [0.25, 0.3) is 0 Å². The SMILES string of the molecule is OC1OCC2CC21c1cccnc1. The molecule has 2 heterocycles. The summed E-state index contributed by atoms with van der Waals surface area (Å²) >= 11 is 0. The van der Waals surface area contributed by atoms with Crippen molar-refractivity contribution in [3.63, 3.8) is 0 Å². The van der Waals surface area contributed by atoms with E-state index in [0.29, 0.717) is 12.5 Å². The van der Waals surface area contributed by atoms with E-state index >= 15 is 0 Å². The Labute approximate surface area is 76.4 Å². The quantitative estimate of drug-likeness (QED) is 0.686. The van der Waals surface area contributed by atoms with Gasteiger partial charge >= 0.3 is 0 Å². The van der Waals surface area contributed by atoms with Crippen molar-refractivity contribution in [3.8, 4) is 0 Å². The lowest BCUT2D eigenvalue weighted by molar-refractivity contribution is -0.0904. The molecule has 3 rings (SSSR count). The monoisotopic (exact) mass is 177 g/mol. The van der Waals surface area contributed by atoms with Crippen molar-refractivity contribution >= 4 is 0 Å². The zero-order chi connectivity index (χ0) is 8.89. The molecule has 0 aromatic carbocycles. The van der Waals surface area contributed by atoms with Gasteiger partial charge in [0.15, 0.2) is 6.29 Å². The van der Waals surface area contributed by atoms with E-state index in [9.17, 15) is 5.11 Å². The van der Waals surface area contributed by atoms with Gasteiger partial charge in [0.1, 0.15) is 0 Å². The zero-order valence-electron chi connectivity index (χ0n) is 7.18. The molecule has 1 N–H and O–H groups in total. The van der Waals surface area contributed by atoms with Gasteiger partial charge in [-0.2, -0.15) is 0 Å². The second kappa shape index (κ2) is 2.30. The molecule has 1 aromatic rings. The van der Waals surface area contributed by atoms with Crippen LogP contribution in [0.3, 0.4) is 0 Å². The highest BCUT2D eigenvalue weighted by Crippen LogP contribution is 2.60. The first-order valence-electron chi connectivity index (χ1n) is 4.54. The minimum atomic E-state index is -0.623. The van der Waals surface area contributed by atoms with Gasteiger partial charge in [0.2, 0.25) is 0 Å². The molecule has 0 amide bonds. The molecule has 2 aliphatic rings. The summed E-state index contributed by atoms with van der Waals surface area (Å²) in [6, 6.07) is 3.93. The van der Waals surface area contributed by atoms with Crippen LogP contribution in [0.2, 0.25) is 0 Å². The van der Waals surface area contributed by atoms with Gasteiger partial charge in [-0.15, -0.1) is 0 Å². The van der Waals surface area contributed by atoms with E-state index in [-0.39, 0.29) is 5.41 Å². The minimum Gasteiger partial charge on any atom is -0.367 e. The standard InChI is InChI=1S/C10H11NO2/c12-9-10(4-8(10)6-13-9)7-2-1-3-11-5-7/h1-3,5,8-9,12H,4,6H2. The van der Waals surface area contributed by atoms with Gasteiger partial charge in [0, 0.05) is 12.4 Å². The molecule has 2 fully saturated rings. The Balaban J connectivity index is 2.02. The third-order valence-electron chi connectivity index (χ3n) is 3.25. The Hall–Kier alpha value is -0.930. The van der Waals surface area contributed by atoms with Crippen LogP contribution in [0.5, 0.6) is 0 Å². The van der Waals surface area contributed by atoms with Crippen molar-refractivity contribution in [1.82, 2.24) is 4.98 Å². The Morgan fingerprint density at radius 3 is 3.08 bits per heavy atom. The van der Waals surface area contributed by atoms with Crippen molar-refractivity contribution in [2.45, 2.75) is 18.1 Å². The Kier molecular flexibility index (Phi) is 1.32. The number of pyridine rings is 1. The van der Waals surface area contributed by atoms with Gasteiger partial charge in [-0.25, -0.2) is 0 Å². The number of fused-ring (bicyclic) bond motifs is 1. The molecular formula is C10H11NO2. The van der Waals surface area contributed by atoms with Crippen LogP contribution in [0.25, 0.3) is 0 Å². The smallest absolute Gasteiger partial charge is 0.164 e. The molecule has 68 valence electrons. The first-order chi connectivity index (χ1) is 6.34. The first kappa shape index (κ1) is 7.47. The summed E-state index contributed by atoms with van der Waals surface area (Å²) in [5.41, 5.74) is 0.999. The van der Waals surface area contributed by atoms with Crippen LogP contribution in [-0.2, 0) is 10.2 Å². The first-order valence-corrected chi connectivity index (χ1v) is 4.54. The largest absolute Gasteiger partial charge is 0.367 e. The summed E-state index contributed by atoms with van der Waals surface area (Å²) < 4.78 is 5.20. The topological polar surface area (TPSA) is 42.4 Å². The summed E-state index contributed by atoms with van der Waals surface area (Å²) in [5.74, 6) is 0.506. The Bertz CT molecular complexity index is 327. The molecule has 3 heteroatoms. The Morgan fingerprint density at radius 1 is 1.62 bits per heavy atom. The average Bonchev–Trinajstić information content (AvgIpc) is 2.84. The third kappa shape index (κ3) is 0.833. The lowest BCUT2D eigenvalue weighted by atomic mass is 9.96. The molecule has 3 unspecified atom stereocenters. The van der Waals surface area contributed by atoms with E-state index in [1.54, 1.807) is 6.20 Å². The number of aliphatic hydroxyl groups excluding tert-OH is 1. The van der Waals surface area contributed by atoms with Crippen LogP contribution in [0.4, 0.5) is 0 Å². The number of rotatable bonds is 1. The summed E-state index contributed by atoms with van der Waals surface area (Å²) in [6.07, 6.45) is 4.00. The number of ether oxygens (including phenoxy) is 1. The fourth-order valence-electron chi connectivity index (χ4n) is 2.35. The van der Waals surface area contributed by atoms with E-state index < -0.39 is 6.29 Å². The summed E-state index contributed by atoms with van der Waals surface area (Å²) in [4.78, 5) is 4.07. The van der Waals surface area contributed by atoms with E-state index in [1.165, 1.54) is 0 Å². The predicted octanol–water partition coefficient (Wildman–Crippen LogP) is 0.688. The zero-order valence-corrected chi connectivity index (χ0v) is 7.18. The molecule has 0 spiro atoms. The second-order valence-electron chi connectivity index (χ2n) is 3.87.